The summed E-state index contributed by atoms with van der Waals surface area (Å²) in [5, 5.41) is 2.78. The van der Waals surface area contributed by atoms with Gasteiger partial charge in [0.2, 0.25) is 15.9 Å². The number of anilines is 2. The number of carbonyl (C=O) groups excluding carboxylic acids is 1. The van der Waals surface area contributed by atoms with Crippen molar-refractivity contribution in [2.75, 3.05) is 22.9 Å². The maximum Gasteiger partial charge on any atom is 0.231 e. The van der Waals surface area contributed by atoms with Crippen LogP contribution in [0.3, 0.4) is 0 Å². The second-order valence-corrected chi connectivity index (χ2v) is 8.07. The zero-order valence-corrected chi connectivity index (χ0v) is 15.2. The van der Waals surface area contributed by atoms with E-state index in [9.17, 15) is 13.2 Å². The summed E-state index contributed by atoms with van der Waals surface area (Å²) < 4.78 is 25.2. The largest absolute Gasteiger partial charge is 0.326 e. The van der Waals surface area contributed by atoms with E-state index in [2.05, 4.69) is 21.2 Å². The van der Waals surface area contributed by atoms with E-state index in [1.54, 1.807) is 24.3 Å². The lowest BCUT2D eigenvalue weighted by Gasteiger charge is -2.17. The number of sulfonamides is 1. The predicted octanol–water partition coefficient (Wildman–Crippen LogP) is 3.03. The highest BCUT2D eigenvalue weighted by molar-refractivity contribution is 9.10. The average molecular weight is 397 g/mol. The van der Waals surface area contributed by atoms with Crippen LogP contribution in [0.4, 0.5) is 11.4 Å². The molecule has 0 aliphatic carbocycles. The lowest BCUT2D eigenvalue weighted by Crippen LogP contribution is -2.25. The number of carbonyl (C=O) groups is 1. The first kappa shape index (κ1) is 17.5. The molecule has 122 valence electrons. The number of halogens is 1. The minimum atomic E-state index is -3.34. The van der Waals surface area contributed by atoms with Crippen molar-refractivity contribution >= 4 is 43.2 Å². The lowest BCUT2D eigenvalue weighted by molar-refractivity contribution is -0.115. The Morgan fingerprint density at radius 2 is 1.87 bits per heavy atom. The smallest absolute Gasteiger partial charge is 0.231 e. The number of nitrogens with zero attached hydrogens (tertiary/aromatic N) is 1. The molecule has 0 aromatic heterocycles. The number of rotatable bonds is 5. The van der Waals surface area contributed by atoms with Crippen molar-refractivity contribution in [1.29, 1.82) is 0 Å². The fourth-order valence-corrected chi connectivity index (χ4v) is 2.95. The standard InChI is InChI=1S/C16H17BrN2O3S/c1-19(23(2,21)22)15-8-4-7-14(11-15)18-16(20)10-12-5-3-6-13(17)9-12/h3-9,11H,10H2,1-2H3,(H,18,20). The summed E-state index contributed by atoms with van der Waals surface area (Å²) in [4.78, 5) is 12.1. The molecule has 0 heterocycles. The Balaban J connectivity index is 2.10. The SMILES string of the molecule is CN(c1cccc(NC(=O)Cc2cccc(Br)c2)c1)S(C)(=O)=O. The van der Waals surface area contributed by atoms with Crippen molar-refractivity contribution in [3.8, 4) is 0 Å². The molecule has 0 saturated heterocycles. The van der Waals surface area contributed by atoms with Crippen molar-refractivity contribution in [3.05, 3.63) is 58.6 Å². The van der Waals surface area contributed by atoms with Gasteiger partial charge in [-0.15, -0.1) is 0 Å². The van der Waals surface area contributed by atoms with Crippen molar-refractivity contribution in [2.24, 2.45) is 0 Å². The van der Waals surface area contributed by atoms with Gasteiger partial charge in [0, 0.05) is 17.2 Å². The van der Waals surface area contributed by atoms with Crippen molar-refractivity contribution in [1.82, 2.24) is 0 Å². The first-order valence-corrected chi connectivity index (χ1v) is 9.48. The molecule has 0 fully saturated rings. The van der Waals surface area contributed by atoms with Gasteiger partial charge < -0.3 is 5.32 Å². The van der Waals surface area contributed by atoms with E-state index in [-0.39, 0.29) is 12.3 Å². The number of benzene rings is 2. The number of nitrogens with one attached hydrogen (secondary N) is 1. The molecule has 0 spiro atoms. The molecule has 0 bridgehead atoms. The highest BCUT2D eigenvalue weighted by atomic mass is 79.9. The van der Waals surface area contributed by atoms with Crippen LogP contribution in [0.25, 0.3) is 0 Å². The molecule has 23 heavy (non-hydrogen) atoms. The molecule has 2 aromatic carbocycles. The van der Waals surface area contributed by atoms with Crippen LogP contribution in [-0.4, -0.2) is 27.6 Å². The summed E-state index contributed by atoms with van der Waals surface area (Å²) in [6.07, 6.45) is 1.37. The van der Waals surface area contributed by atoms with E-state index >= 15 is 0 Å². The average Bonchev–Trinajstić information content (AvgIpc) is 2.45. The highest BCUT2D eigenvalue weighted by Crippen LogP contribution is 2.20. The monoisotopic (exact) mass is 396 g/mol. The van der Waals surface area contributed by atoms with Crippen LogP contribution < -0.4 is 9.62 Å². The molecule has 2 rings (SSSR count). The van der Waals surface area contributed by atoms with Gasteiger partial charge in [0.05, 0.1) is 18.4 Å². The molecule has 0 radical (unpaired) electrons. The summed E-state index contributed by atoms with van der Waals surface area (Å²) in [5.74, 6) is -0.165. The third kappa shape index (κ3) is 5.07. The third-order valence-corrected chi connectivity index (χ3v) is 4.94. The van der Waals surface area contributed by atoms with E-state index in [0.717, 1.165) is 20.6 Å². The van der Waals surface area contributed by atoms with Gasteiger partial charge in [-0.3, -0.25) is 9.10 Å². The molecular weight excluding hydrogens is 380 g/mol. The maximum absolute atomic E-state index is 12.1. The van der Waals surface area contributed by atoms with E-state index in [0.29, 0.717) is 11.4 Å². The topological polar surface area (TPSA) is 66.5 Å². The summed E-state index contributed by atoms with van der Waals surface area (Å²) in [7, 11) is -1.87. The fourth-order valence-electron chi connectivity index (χ4n) is 2.01. The van der Waals surface area contributed by atoms with E-state index in [1.807, 2.05) is 24.3 Å². The van der Waals surface area contributed by atoms with Crippen LogP contribution >= 0.6 is 15.9 Å². The van der Waals surface area contributed by atoms with Gasteiger partial charge >= 0.3 is 0 Å². The first-order chi connectivity index (χ1) is 10.8. The highest BCUT2D eigenvalue weighted by Gasteiger charge is 2.12. The minimum Gasteiger partial charge on any atom is -0.326 e. The minimum absolute atomic E-state index is 0.165. The normalized spacial score (nSPS) is 11.1. The summed E-state index contributed by atoms with van der Waals surface area (Å²) in [6.45, 7) is 0. The maximum atomic E-state index is 12.1. The van der Waals surface area contributed by atoms with Crippen LogP contribution in [0, 0.1) is 0 Å². The molecule has 7 heteroatoms. The van der Waals surface area contributed by atoms with Crippen LogP contribution in [0.2, 0.25) is 0 Å². The fraction of sp³-hybridized carbons (Fsp3) is 0.188. The Morgan fingerprint density at radius 3 is 2.52 bits per heavy atom. The van der Waals surface area contributed by atoms with Crippen molar-refractivity contribution < 1.29 is 13.2 Å². The molecule has 0 atom stereocenters. The van der Waals surface area contributed by atoms with Crippen LogP contribution in [-0.2, 0) is 21.2 Å². The van der Waals surface area contributed by atoms with Gasteiger partial charge in [-0.1, -0.05) is 34.1 Å². The van der Waals surface area contributed by atoms with Gasteiger partial charge in [-0.25, -0.2) is 8.42 Å². The van der Waals surface area contributed by atoms with Gasteiger partial charge in [0.25, 0.3) is 0 Å². The van der Waals surface area contributed by atoms with E-state index in [4.69, 9.17) is 0 Å². The van der Waals surface area contributed by atoms with Gasteiger partial charge in [-0.2, -0.15) is 0 Å². The molecule has 0 aliphatic rings. The van der Waals surface area contributed by atoms with Crippen molar-refractivity contribution in [3.63, 3.8) is 0 Å². The quantitative estimate of drug-likeness (QED) is 0.844. The molecule has 5 nitrogen and oxygen atoms in total. The molecule has 0 unspecified atom stereocenters. The van der Waals surface area contributed by atoms with Crippen LogP contribution in [0.15, 0.2) is 53.0 Å². The van der Waals surface area contributed by atoms with Gasteiger partial charge in [-0.05, 0) is 35.9 Å². The summed E-state index contributed by atoms with van der Waals surface area (Å²) in [6, 6.07) is 14.2. The first-order valence-electron chi connectivity index (χ1n) is 6.84. The Morgan fingerprint density at radius 1 is 1.17 bits per heavy atom. The van der Waals surface area contributed by atoms with Crippen molar-refractivity contribution in [2.45, 2.75) is 6.42 Å². The molecular formula is C16H17BrN2O3S. The third-order valence-electron chi connectivity index (χ3n) is 3.24. The summed E-state index contributed by atoms with van der Waals surface area (Å²) >= 11 is 3.37. The lowest BCUT2D eigenvalue weighted by atomic mass is 10.1. The molecule has 1 amide bonds. The zero-order chi connectivity index (χ0) is 17.0. The number of amides is 1. The zero-order valence-electron chi connectivity index (χ0n) is 12.8. The van der Waals surface area contributed by atoms with Gasteiger partial charge in [0.1, 0.15) is 0 Å². The second-order valence-electron chi connectivity index (χ2n) is 5.14. The molecule has 0 aliphatic heterocycles. The van der Waals surface area contributed by atoms with E-state index in [1.165, 1.54) is 7.05 Å². The van der Waals surface area contributed by atoms with E-state index < -0.39 is 10.0 Å². The Labute approximate surface area is 144 Å². The number of hydrogen-bond donors (Lipinski definition) is 1. The molecule has 0 saturated carbocycles. The summed E-state index contributed by atoms with van der Waals surface area (Å²) in [5.41, 5.74) is 1.94. The molecule has 2 aromatic rings. The van der Waals surface area contributed by atoms with Crippen LogP contribution in [0.1, 0.15) is 5.56 Å². The Bertz CT molecular complexity index is 822. The Kier molecular flexibility index (Phi) is 5.43. The Hall–Kier alpha value is -1.86. The van der Waals surface area contributed by atoms with Crippen LogP contribution in [0.5, 0.6) is 0 Å². The molecule has 1 N–H and O–H groups in total. The second kappa shape index (κ2) is 7.14. The number of hydrogen-bond acceptors (Lipinski definition) is 3. The predicted molar refractivity (Wildman–Crippen MR) is 96.2 cm³/mol. The van der Waals surface area contributed by atoms with Gasteiger partial charge in [0.15, 0.2) is 0 Å².